The average molecular weight is 321 g/mol. The molecule has 0 fully saturated rings. The Labute approximate surface area is 121 Å². The molecule has 0 bridgehead atoms. The van der Waals surface area contributed by atoms with E-state index in [4.69, 9.17) is 0 Å². The van der Waals surface area contributed by atoms with Crippen LogP contribution in [0.2, 0.25) is 0 Å². The molecule has 1 aliphatic rings. The summed E-state index contributed by atoms with van der Waals surface area (Å²) in [5, 5.41) is 7.97. The molecule has 4 nitrogen and oxygen atoms in total. The molecule has 2 aromatic rings. The third-order valence-corrected chi connectivity index (χ3v) is 4.12. The molecule has 0 amide bonds. The van der Waals surface area contributed by atoms with Crippen LogP contribution < -0.4 is 5.32 Å². The van der Waals surface area contributed by atoms with E-state index in [2.05, 4.69) is 31.3 Å². The quantitative estimate of drug-likeness (QED) is 0.884. The second-order valence-corrected chi connectivity index (χ2v) is 5.76. The summed E-state index contributed by atoms with van der Waals surface area (Å²) in [5.41, 5.74) is 3.78. The molecule has 19 heavy (non-hydrogen) atoms. The lowest BCUT2D eigenvalue weighted by Crippen LogP contribution is -2.25. The first-order valence-corrected chi connectivity index (χ1v) is 7.39. The van der Waals surface area contributed by atoms with Crippen LogP contribution >= 0.6 is 15.9 Å². The van der Waals surface area contributed by atoms with Crippen molar-refractivity contribution in [1.82, 2.24) is 20.1 Å². The summed E-state index contributed by atoms with van der Waals surface area (Å²) >= 11 is 3.41. The number of nitrogens with one attached hydrogen (secondary N) is 1. The number of fused-ring (bicyclic) bond motifs is 1. The molecule has 1 aliphatic carbocycles. The Balaban J connectivity index is 1.71. The van der Waals surface area contributed by atoms with E-state index in [1.165, 1.54) is 24.1 Å². The van der Waals surface area contributed by atoms with Crippen LogP contribution in [0.25, 0.3) is 0 Å². The molecule has 5 heteroatoms. The van der Waals surface area contributed by atoms with Crippen molar-refractivity contribution in [1.29, 1.82) is 0 Å². The number of pyridine rings is 1. The van der Waals surface area contributed by atoms with Gasteiger partial charge in [0.25, 0.3) is 0 Å². The number of hydrogen-bond acceptors (Lipinski definition) is 3. The number of aryl methyl sites for hydroxylation is 1. The monoisotopic (exact) mass is 320 g/mol. The number of nitrogens with zero attached hydrogens (tertiary/aromatic N) is 3. The van der Waals surface area contributed by atoms with Crippen LogP contribution in [-0.4, -0.2) is 14.8 Å². The molecule has 2 aromatic heterocycles. The maximum atomic E-state index is 4.45. The van der Waals surface area contributed by atoms with Crippen LogP contribution in [0.5, 0.6) is 0 Å². The molecule has 3 rings (SSSR count). The molecule has 1 unspecified atom stereocenters. The zero-order valence-electron chi connectivity index (χ0n) is 10.9. The number of halogens is 1. The highest BCUT2D eigenvalue weighted by atomic mass is 79.9. The zero-order chi connectivity index (χ0) is 13.2. The van der Waals surface area contributed by atoms with Crippen LogP contribution in [0.3, 0.4) is 0 Å². The standard InChI is InChI=1S/C14H17BrN4/c1-19-13-6-3-5-12(11(13)9-17-19)16-8-10-4-2-7-14(15)18-10/h2,4,7,9,12,16H,3,5-6,8H2,1H3. The van der Waals surface area contributed by atoms with Gasteiger partial charge in [0.1, 0.15) is 4.60 Å². The summed E-state index contributed by atoms with van der Waals surface area (Å²) in [7, 11) is 2.02. The Morgan fingerprint density at radius 3 is 3.21 bits per heavy atom. The van der Waals surface area contributed by atoms with E-state index < -0.39 is 0 Å². The third kappa shape index (κ3) is 2.72. The van der Waals surface area contributed by atoms with E-state index in [0.29, 0.717) is 6.04 Å². The van der Waals surface area contributed by atoms with Gasteiger partial charge in [-0.2, -0.15) is 5.10 Å². The number of rotatable bonds is 3. The normalized spacial score (nSPS) is 18.3. The van der Waals surface area contributed by atoms with Crippen molar-refractivity contribution < 1.29 is 0 Å². The molecule has 100 valence electrons. The molecule has 0 aromatic carbocycles. The summed E-state index contributed by atoms with van der Waals surface area (Å²) in [6.07, 6.45) is 5.53. The summed E-state index contributed by atoms with van der Waals surface area (Å²) < 4.78 is 2.89. The zero-order valence-corrected chi connectivity index (χ0v) is 12.5. The first-order valence-electron chi connectivity index (χ1n) is 6.59. The maximum absolute atomic E-state index is 4.45. The Kier molecular flexibility index (Phi) is 3.66. The van der Waals surface area contributed by atoms with Crippen LogP contribution in [0.4, 0.5) is 0 Å². The fourth-order valence-corrected chi connectivity index (χ4v) is 3.08. The van der Waals surface area contributed by atoms with Crippen LogP contribution in [0.15, 0.2) is 29.0 Å². The topological polar surface area (TPSA) is 42.7 Å². The van der Waals surface area contributed by atoms with Crippen molar-refractivity contribution in [2.45, 2.75) is 31.8 Å². The minimum atomic E-state index is 0.401. The van der Waals surface area contributed by atoms with Crippen LogP contribution in [0.1, 0.15) is 35.8 Å². The van der Waals surface area contributed by atoms with E-state index in [1.807, 2.05) is 36.1 Å². The van der Waals surface area contributed by atoms with Gasteiger partial charge in [-0.1, -0.05) is 6.07 Å². The van der Waals surface area contributed by atoms with Gasteiger partial charge in [0.2, 0.25) is 0 Å². The van der Waals surface area contributed by atoms with E-state index in [-0.39, 0.29) is 0 Å². The molecule has 0 saturated carbocycles. The summed E-state index contributed by atoms with van der Waals surface area (Å²) in [5.74, 6) is 0. The van der Waals surface area contributed by atoms with Gasteiger partial charge in [0.05, 0.1) is 11.9 Å². The SMILES string of the molecule is Cn1ncc2c1CCCC2NCc1cccc(Br)n1. The first-order chi connectivity index (χ1) is 9.24. The fraction of sp³-hybridized carbons (Fsp3) is 0.429. The Hall–Kier alpha value is -1.20. The lowest BCUT2D eigenvalue weighted by atomic mass is 9.93. The van der Waals surface area contributed by atoms with E-state index in [1.54, 1.807) is 0 Å². The molecular weight excluding hydrogens is 304 g/mol. The average Bonchev–Trinajstić information content (AvgIpc) is 2.79. The van der Waals surface area contributed by atoms with Gasteiger partial charge in [0.15, 0.2) is 0 Å². The summed E-state index contributed by atoms with van der Waals surface area (Å²) in [6, 6.07) is 6.41. The molecule has 0 radical (unpaired) electrons. The van der Waals surface area contributed by atoms with Crippen molar-refractivity contribution in [2.75, 3.05) is 0 Å². The second kappa shape index (κ2) is 5.43. The van der Waals surface area contributed by atoms with Gasteiger partial charge >= 0.3 is 0 Å². The van der Waals surface area contributed by atoms with Gasteiger partial charge in [-0.3, -0.25) is 4.68 Å². The highest BCUT2D eigenvalue weighted by Crippen LogP contribution is 2.29. The molecule has 2 heterocycles. The number of aromatic nitrogens is 3. The van der Waals surface area contributed by atoms with Crippen LogP contribution in [0, 0.1) is 0 Å². The maximum Gasteiger partial charge on any atom is 0.106 e. The van der Waals surface area contributed by atoms with Gasteiger partial charge in [-0.25, -0.2) is 4.98 Å². The van der Waals surface area contributed by atoms with Gasteiger partial charge < -0.3 is 5.32 Å². The molecule has 1 N–H and O–H groups in total. The predicted molar refractivity (Wildman–Crippen MR) is 77.7 cm³/mol. The highest BCUT2D eigenvalue weighted by Gasteiger charge is 2.22. The lowest BCUT2D eigenvalue weighted by molar-refractivity contribution is 0.449. The minimum Gasteiger partial charge on any atom is -0.304 e. The van der Waals surface area contributed by atoms with E-state index >= 15 is 0 Å². The van der Waals surface area contributed by atoms with Gasteiger partial charge in [0, 0.05) is 30.9 Å². The van der Waals surface area contributed by atoms with E-state index in [0.717, 1.165) is 23.3 Å². The molecule has 0 aliphatic heterocycles. The summed E-state index contributed by atoms with van der Waals surface area (Å²) in [4.78, 5) is 4.45. The molecule has 0 spiro atoms. The van der Waals surface area contributed by atoms with Crippen molar-refractivity contribution in [2.24, 2.45) is 7.05 Å². The Morgan fingerprint density at radius 1 is 1.47 bits per heavy atom. The van der Waals surface area contributed by atoms with Crippen molar-refractivity contribution in [3.05, 3.63) is 46.0 Å². The highest BCUT2D eigenvalue weighted by molar-refractivity contribution is 9.10. The largest absolute Gasteiger partial charge is 0.304 e. The minimum absolute atomic E-state index is 0.401. The van der Waals surface area contributed by atoms with Crippen molar-refractivity contribution >= 4 is 15.9 Å². The van der Waals surface area contributed by atoms with Crippen molar-refractivity contribution in [3.63, 3.8) is 0 Å². The Morgan fingerprint density at radius 2 is 2.37 bits per heavy atom. The molecule has 1 atom stereocenters. The predicted octanol–water partition coefficient (Wildman–Crippen LogP) is 2.74. The summed E-state index contributed by atoms with van der Waals surface area (Å²) in [6.45, 7) is 0.790. The first kappa shape index (κ1) is 12.8. The van der Waals surface area contributed by atoms with Crippen LogP contribution in [-0.2, 0) is 20.0 Å². The third-order valence-electron chi connectivity index (χ3n) is 3.68. The molecular formula is C14H17BrN4. The molecule has 0 saturated heterocycles. The second-order valence-electron chi connectivity index (χ2n) is 4.95. The fourth-order valence-electron chi connectivity index (χ4n) is 2.69. The van der Waals surface area contributed by atoms with E-state index in [9.17, 15) is 0 Å². The number of hydrogen-bond donors (Lipinski definition) is 1. The van der Waals surface area contributed by atoms with Gasteiger partial charge in [-0.15, -0.1) is 0 Å². The smallest absolute Gasteiger partial charge is 0.106 e. The Bertz CT molecular complexity index is 579. The lowest BCUT2D eigenvalue weighted by Gasteiger charge is -2.23. The van der Waals surface area contributed by atoms with Gasteiger partial charge in [-0.05, 0) is 47.3 Å². The van der Waals surface area contributed by atoms with Crippen molar-refractivity contribution in [3.8, 4) is 0 Å².